The summed E-state index contributed by atoms with van der Waals surface area (Å²) in [5.74, 6) is 3.89. The van der Waals surface area contributed by atoms with E-state index >= 15 is 0 Å². The summed E-state index contributed by atoms with van der Waals surface area (Å²) in [5.41, 5.74) is 6.58. The second-order valence-electron chi connectivity index (χ2n) is 3.21. The monoisotopic (exact) mass is 219 g/mol. The van der Waals surface area contributed by atoms with Crippen molar-refractivity contribution in [2.75, 3.05) is 19.8 Å². The Balaban J connectivity index is 2.97. The molecule has 3 heteroatoms. The van der Waals surface area contributed by atoms with Crippen LogP contribution in [0.3, 0.4) is 0 Å². The Morgan fingerprint density at radius 3 is 2.81 bits per heavy atom. The summed E-state index contributed by atoms with van der Waals surface area (Å²) in [7, 11) is 0. The Morgan fingerprint density at radius 1 is 1.38 bits per heavy atom. The average Bonchev–Trinajstić information content (AvgIpc) is 2.29. The van der Waals surface area contributed by atoms with Crippen LogP contribution in [-0.4, -0.2) is 19.8 Å². The lowest BCUT2D eigenvalue weighted by atomic mass is 10.1. The van der Waals surface area contributed by atoms with Gasteiger partial charge in [0, 0.05) is 0 Å². The van der Waals surface area contributed by atoms with Gasteiger partial charge in [-0.3, -0.25) is 0 Å². The molecule has 0 aromatic heterocycles. The minimum absolute atomic E-state index is 0.238. The van der Waals surface area contributed by atoms with E-state index < -0.39 is 0 Å². The third-order valence-corrected chi connectivity index (χ3v) is 2.07. The van der Waals surface area contributed by atoms with Crippen LogP contribution in [0.5, 0.6) is 11.5 Å². The second-order valence-corrected chi connectivity index (χ2v) is 3.21. The predicted molar refractivity (Wildman–Crippen MR) is 64.7 cm³/mol. The van der Waals surface area contributed by atoms with E-state index in [2.05, 4.69) is 5.92 Å². The molecule has 0 unspecified atom stereocenters. The largest absolute Gasteiger partial charge is 0.490 e. The Hall–Kier alpha value is -1.66. The van der Waals surface area contributed by atoms with E-state index in [0.717, 1.165) is 17.7 Å². The third kappa shape index (κ3) is 3.18. The fraction of sp³-hybridized carbons (Fsp3) is 0.385. The molecule has 86 valence electrons. The highest BCUT2D eigenvalue weighted by Gasteiger charge is 2.09. The van der Waals surface area contributed by atoms with Gasteiger partial charge in [0.1, 0.15) is 6.61 Å². The van der Waals surface area contributed by atoms with Gasteiger partial charge in [-0.25, -0.2) is 0 Å². The fourth-order valence-electron chi connectivity index (χ4n) is 1.46. The number of terminal acetylenes is 1. The van der Waals surface area contributed by atoms with E-state index in [1.165, 1.54) is 0 Å². The highest BCUT2D eigenvalue weighted by atomic mass is 16.5. The first kappa shape index (κ1) is 12.4. The molecular formula is C13H17NO2. The van der Waals surface area contributed by atoms with Gasteiger partial charge in [0.15, 0.2) is 11.5 Å². The van der Waals surface area contributed by atoms with Crippen molar-refractivity contribution >= 4 is 0 Å². The molecule has 0 amide bonds. The predicted octanol–water partition coefficient (Wildman–Crippen LogP) is 1.60. The minimum atomic E-state index is 0.238. The Kier molecular flexibility index (Phi) is 5.24. The maximum absolute atomic E-state index is 5.55. The molecule has 0 aliphatic rings. The lowest BCUT2D eigenvalue weighted by Gasteiger charge is -2.14. The van der Waals surface area contributed by atoms with Crippen LogP contribution in [0.25, 0.3) is 0 Å². The molecule has 0 fully saturated rings. The van der Waals surface area contributed by atoms with E-state index in [1.807, 2.05) is 25.1 Å². The summed E-state index contributed by atoms with van der Waals surface area (Å²) in [6.07, 6.45) is 5.93. The Labute approximate surface area is 96.6 Å². The van der Waals surface area contributed by atoms with E-state index in [-0.39, 0.29) is 6.61 Å². The van der Waals surface area contributed by atoms with Crippen molar-refractivity contribution in [3.63, 3.8) is 0 Å². The van der Waals surface area contributed by atoms with Crippen LogP contribution in [0, 0.1) is 12.3 Å². The van der Waals surface area contributed by atoms with Crippen molar-refractivity contribution in [1.29, 1.82) is 0 Å². The first-order chi connectivity index (χ1) is 7.83. The molecule has 1 rings (SSSR count). The minimum Gasteiger partial charge on any atom is -0.490 e. The highest BCUT2D eigenvalue weighted by Crippen LogP contribution is 2.31. The second kappa shape index (κ2) is 6.76. The van der Waals surface area contributed by atoms with Crippen LogP contribution in [0.2, 0.25) is 0 Å². The molecule has 0 aliphatic heterocycles. The number of hydrogen-bond acceptors (Lipinski definition) is 3. The fourth-order valence-corrected chi connectivity index (χ4v) is 1.46. The van der Waals surface area contributed by atoms with Crippen molar-refractivity contribution in [2.24, 2.45) is 5.73 Å². The molecule has 1 aromatic rings. The normalized spacial score (nSPS) is 9.56. The number of hydrogen-bond donors (Lipinski definition) is 1. The van der Waals surface area contributed by atoms with Gasteiger partial charge in [0.05, 0.1) is 6.61 Å². The van der Waals surface area contributed by atoms with Crippen LogP contribution in [0.1, 0.15) is 12.5 Å². The van der Waals surface area contributed by atoms with Crippen LogP contribution in [-0.2, 0) is 6.42 Å². The quantitative estimate of drug-likeness (QED) is 0.739. The molecule has 0 radical (unpaired) electrons. The number of rotatable bonds is 6. The zero-order valence-corrected chi connectivity index (χ0v) is 9.53. The molecule has 0 atom stereocenters. The molecule has 2 N–H and O–H groups in total. The lowest BCUT2D eigenvalue weighted by molar-refractivity contribution is 0.297. The highest BCUT2D eigenvalue weighted by molar-refractivity contribution is 5.47. The lowest BCUT2D eigenvalue weighted by Crippen LogP contribution is -2.07. The molecule has 0 bridgehead atoms. The van der Waals surface area contributed by atoms with Gasteiger partial charge in [-0.2, -0.15) is 0 Å². The van der Waals surface area contributed by atoms with Gasteiger partial charge >= 0.3 is 0 Å². The summed E-state index contributed by atoms with van der Waals surface area (Å²) in [6, 6.07) is 5.77. The molecule has 0 spiro atoms. The van der Waals surface area contributed by atoms with E-state index in [0.29, 0.717) is 18.9 Å². The van der Waals surface area contributed by atoms with Crippen molar-refractivity contribution in [3.8, 4) is 23.8 Å². The zero-order chi connectivity index (χ0) is 11.8. The summed E-state index contributed by atoms with van der Waals surface area (Å²) < 4.78 is 11.0. The Morgan fingerprint density at radius 2 is 2.19 bits per heavy atom. The first-order valence-electron chi connectivity index (χ1n) is 5.34. The number of benzene rings is 1. The van der Waals surface area contributed by atoms with Gasteiger partial charge in [-0.15, -0.1) is 6.42 Å². The topological polar surface area (TPSA) is 44.5 Å². The molecule has 0 saturated heterocycles. The van der Waals surface area contributed by atoms with E-state index in [1.54, 1.807) is 0 Å². The molecule has 0 heterocycles. The maximum Gasteiger partial charge on any atom is 0.165 e. The van der Waals surface area contributed by atoms with E-state index in [4.69, 9.17) is 21.6 Å². The van der Waals surface area contributed by atoms with Crippen molar-refractivity contribution in [1.82, 2.24) is 0 Å². The van der Waals surface area contributed by atoms with Gasteiger partial charge < -0.3 is 15.2 Å². The summed E-state index contributed by atoms with van der Waals surface area (Å²) in [5, 5.41) is 0. The van der Waals surface area contributed by atoms with Crippen LogP contribution < -0.4 is 15.2 Å². The van der Waals surface area contributed by atoms with Crippen molar-refractivity contribution < 1.29 is 9.47 Å². The molecule has 16 heavy (non-hydrogen) atoms. The average molecular weight is 219 g/mol. The molecular weight excluding hydrogens is 202 g/mol. The third-order valence-electron chi connectivity index (χ3n) is 2.07. The first-order valence-corrected chi connectivity index (χ1v) is 5.34. The SMILES string of the molecule is C#CCOc1c(CCN)cccc1OCC. The smallest absolute Gasteiger partial charge is 0.165 e. The Bertz CT molecular complexity index is 344. The zero-order valence-electron chi connectivity index (χ0n) is 9.53. The van der Waals surface area contributed by atoms with Gasteiger partial charge in [0.2, 0.25) is 0 Å². The van der Waals surface area contributed by atoms with Gasteiger partial charge in [-0.1, -0.05) is 18.1 Å². The van der Waals surface area contributed by atoms with Crippen LogP contribution in [0.4, 0.5) is 0 Å². The van der Waals surface area contributed by atoms with E-state index in [9.17, 15) is 0 Å². The summed E-state index contributed by atoms with van der Waals surface area (Å²) in [4.78, 5) is 0. The molecule has 0 saturated carbocycles. The van der Waals surface area contributed by atoms with Gasteiger partial charge in [-0.05, 0) is 31.5 Å². The van der Waals surface area contributed by atoms with Crippen LogP contribution >= 0.6 is 0 Å². The maximum atomic E-state index is 5.55. The molecule has 1 aromatic carbocycles. The van der Waals surface area contributed by atoms with Gasteiger partial charge in [0.25, 0.3) is 0 Å². The summed E-state index contributed by atoms with van der Waals surface area (Å²) in [6.45, 7) is 3.34. The van der Waals surface area contributed by atoms with Crippen LogP contribution in [0.15, 0.2) is 18.2 Å². The van der Waals surface area contributed by atoms with Crippen molar-refractivity contribution in [3.05, 3.63) is 23.8 Å². The summed E-state index contributed by atoms with van der Waals surface area (Å²) >= 11 is 0. The number of nitrogens with two attached hydrogens (primary N) is 1. The van der Waals surface area contributed by atoms with Crippen molar-refractivity contribution in [2.45, 2.75) is 13.3 Å². The molecule has 3 nitrogen and oxygen atoms in total. The number of para-hydroxylation sites is 1. The number of ether oxygens (including phenoxy) is 2. The standard InChI is InChI=1S/C13H17NO2/c1-3-10-16-13-11(8-9-14)6-5-7-12(13)15-4-2/h1,5-7H,4,8-10,14H2,2H3. The molecule has 0 aliphatic carbocycles.